The lowest BCUT2D eigenvalue weighted by molar-refractivity contribution is 1.07. The summed E-state index contributed by atoms with van der Waals surface area (Å²) in [6.07, 6.45) is 0. The van der Waals surface area contributed by atoms with Crippen LogP contribution in [-0.2, 0) is 0 Å². The molecule has 0 amide bonds. The normalized spacial score (nSPS) is 12.5. The van der Waals surface area contributed by atoms with Crippen molar-refractivity contribution in [3.05, 3.63) is 68.7 Å². The molecule has 2 aromatic rings. The molecule has 0 saturated heterocycles. The molecule has 1 atom stereocenters. The highest BCUT2D eigenvalue weighted by Gasteiger charge is 2.18. The largest absolute Gasteiger partial charge is 0.113 e. The van der Waals surface area contributed by atoms with Crippen LogP contribution in [0.5, 0.6) is 0 Å². The molecule has 100 valence electrons. The molecule has 0 heterocycles. The van der Waals surface area contributed by atoms with E-state index in [1.54, 1.807) is 0 Å². The van der Waals surface area contributed by atoms with Crippen LogP contribution in [0.3, 0.4) is 0 Å². The third kappa shape index (κ3) is 2.80. The molecule has 0 nitrogen and oxygen atoms in total. The maximum absolute atomic E-state index is 6.69. The predicted molar refractivity (Wildman–Crippen MR) is 84.5 cm³/mol. The Hall–Kier alpha value is -0.980. The second-order valence-electron chi connectivity index (χ2n) is 5.13. The van der Waals surface area contributed by atoms with Gasteiger partial charge < -0.3 is 0 Å². The summed E-state index contributed by atoms with van der Waals surface area (Å²) in [4.78, 5) is 0. The Morgan fingerprint density at radius 1 is 0.842 bits per heavy atom. The van der Waals surface area contributed by atoms with Gasteiger partial charge in [-0.2, -0.15) is 0 Å². The molecule has 0 fully saturated rings. The Balaban J connectivity index is 2.56. The molecular weight excluding hydrogens is 275 g/mol. The van der Waals surface area contributed by atoms with Crippen LogP contribution in [0.25, 0.3) is 0 Å². The first-order valence-electron chi connectivity index (χ1n) is 6.38. The summed E-state index contributed by atoms with van der Waals surface area (Å²) < 4.78 is 0. The van der Waals surface area contributed by atoms with Crippen LogP contribution in [0, 0.1) is 27.7 Å². The number of hydrogen-bond acceptors (Lipinski definition) is 0. The highest BCUT2D eigenvalue weighted by atomic mass is 35.5. The molecule has 0 radical (unpaired) electrons. The molecule has 0 aliphatic heterocycles. The van der Waals surface area contributed by atoms with E-state index in [1.165, 1.54) is 22.3 Å². The Labute approximate surface area is 125 Å². The van der Waals surface area contributed by atoms with Crippen molar-refractivity contribution in [2.75, 3.05) is 0 Å². The van der Waals surface area contributed by atoms with Crippen LogP contribution < -0.4 is 0 Å². The van der Waals surface area contributed by atoms with Crippen LogP contribution in [-0.4, -0.2) is 0 Å². The fourth-order valence-electron chi connectivity index (χ4n) is 2.38. The summed E-state index contributed by atoms with van der Waals surface area (Å²) in [5, 5.41) is 0.541. The van der Waals surface area contributed by atoms with Crippen molar-refractivity contribution in [2.45, 2.75) is 33.1 Å². The predicted octanol–water partition coefficient (Wildman–Crippen LogP) is 5.90. The lowest BCUT2D eigenvalue weighted by atomic mass is 9.94. The van der Waals surface area contributed by atoms with Gasteiger partial charge in [-0.05, 0) is 67.1 Å². The first-order chi connectivity index (χ1) is 8.91. The number of benzene rings is 2. The first kappa shape index (κ1) is 14.4. The average Bonchev–Trinajstić information content (AvgIpc) is 2.33. The van der Waals surface area contributed by atoms with Crippen molar-refractivity contribution < 1.29 is 0 Å². The maximum Gasteiger partial charge on any atom is 0.0855 e. The molecule has 2 aromatic carbocycles. The molecule has 0 spiro atoms. The zero-order valence-electron chi connectivity index (χ0n) is 11.7. The van der Waals surface area contributed by atoms with E-state index in [0.29, 0.717) is 0 Å². The van der Waals surface area contributed by atoms with Crippen LogP contribution in [0.15, 0.2) is 30.3 Å². The molecule has 0 bridgehead atoms. The van der Waals surface area contributed by atoms with Gasteiger partial charge in [0.1, 0.15) is 0 Å². The molecule has 2 rings (SSSR count). The second-order valence-corrected chi connectivity index (χ2v) is 5.97. The van der Waals surface area contributed by atoms with Gasteiger partial charge in [0.05, 0.1) is 5.38 Å². The number of hydrogen-bond donors (Lipinski definition) is 0. The Morgan fingerprint density at radius 2 is 1.37 bits per heavy atom. The van der Waals surface area contributed by atoms with Crippen LogP contribution in [0.1, 0.15) is 38.8 Å². The van der Waals surface area contributed by atoms with Crippen LogP contribution >= 0.6 is 23.2 Å². The van der Waals surface area contributed by atoms with E-state index < -0.39 is 0 Å². The third-order valence-corrected chi connectivity index (χ3v) is 4.46. The molecule has 0 N–H and O–H groups in total. The zero-order valence-corrected chi connectivity index (χ0v) is 13.2. The molecule has 0 saturated carbocycles. The van der Waals surface area contributed by atoms with Gasteiger partial charge in [0.2, 0.25) is 0 Å². The fraction of sp³-hybridized carbons (Fsp3) is 0.294. The molecule has 0 aliphatic carbocycles. The lowest BCUT2D eigenvalue weighted by Gasteiger charge is -2.18. The Morgan fingerprint density at radius 3 is 1.95 bits per heavy atom. The van der Waals surface area contributed by atoms with Gasteiger partial charge in [-0.1, -0.05) is 35.9 Å². The van der Waals surface area contributed by atoms with Gasteiger partial charge in [0.25, 0.3) is 0 Å². The molecule has 19 heavy (non-hydrogen) atoms. The van der Waals surface area contributed by atoms with Crippen molar-refractivity contribution in [3.8, 4) is 0 Å². The number of rotatable bonds is 2. The van der Waals surface area contributed by atoms with E-state index in [4.69, 9.17) is 23.2 Å². The van der Waals surface area contributed by atoms with E-state index in [1.807, 2.05) is 6.07 Å². The SMILES string of the molecule is Cc1cc(Cl)c(C(Cl)c2c(C)cccc2C)cc1C. The zero-order chi connectivity index (χ0) is 14.2. The minimum Gasteiger partial charge on any atom is -0.113 e. The van der Waals surface area contributed by atoms with Crippen molar-refractivity contribution in [1.29, 1.82) is 0 Å². The molecular formula is C17H18Cl2. The van der Waals surface area contributed by atoms with E-state index in [2.05, 4.69) is 52.0 Å². The standard InChI is InChI=1S/C17H18Cl2/c1-10-6-5-7-11(2)16(10)17(19)14-8-12(3)13(4)9-15(14)18/h5-9,17H,1-4H3. The van der Waals surface area contributed by atoms with E-state index in [-0.39, 0.29) is 5.38 Å². The fourth-order valence-corrected chi connectivity index (χ4v) is 3.29. The Kier molecular flexibility index (Phi) is 4.23. The van der Waals surface area contributed by atoms with E-state index in [0.717, 1.165) is 16.1 Å². The maximum atomic E-state index is 6.69. The number of aryl methyl sites for hydroxylation is 4. The number of halogens is 2. The average molecular weight is 293 g/mol. The van der Waals surface area contributed by atoms with E-state index in [9.17, 15) is 0 Å². The van der Waals surface area contributed by atoms with Crippen molar-refractivity contribution in [3.63, 3.8) is 0 Å². The van der Waals surface area contributed by atoms with Crippen molar-refractivity contribution in [2.24, 2.45) is 0 Å². The van der Waals surface area contributed by atoms with Gasteiger partial charge >= 0.3 is 0 Å². The van der Waals surface area contributed by atoms with Gasteiger partial charge in [-0.15, -0.1) is 11.6 Å². The molecule has 0 aromatic heterocycles. The summed E-state index contributed by atoms with van der Waals surface area (Å²) in [5.41, 5.74) is 6.97. The first-order valence-corrected chi connectivity index (χ1v) is 7.20. The van der Waals surface area contributed by atoms with Crippen LogP contribution in [0.2, 0.25) is 5.02 Å². The molecule has 1 unspecified atom stereocenters. The summed E-state index contributed by atoms with van der Waals surface area (Å²) in [5.74, 6) is 0. The Bertz CT molecular complexity index is 595. The quantitative estimate of drug-likeness (QED) is 0.604. The van der Waals surface area contributed by atoms with E-state index >= 15 is 0 Å². The second kappa shape index (κ2) is 5.56. The topological polar surface area (TPSA) is 0 Å². The summed E-state index contributed by atoms with van der Waals surface area (Å²) in [7, 11) is 0. The van der Waals surface area contributed by atoms with Crippen molar-refractivity contribution >= 4 is 23.2 Å². The lowest BCUT2D eigenvalue weighted by Crippen LogP contribution is -2.01. The van der Waals surface area contributed by atoms with Gasteiger partial charge in [-0.3, -0.25) is 0 Å². The number of alkyl halides is 1. The highest BCUT2D eigenvalue weighted by Crippen LogP contribution is 2.37. The van der Waals surface area contributed by atoms with Gasteiger partial charge in [-0.25, -0.2) is 0 Å². The molecule has 0 aliphatic rings. The van der Waals surface area contributed by atoms with Crippen molar-refractivity contribution in [1.82, 2.24) is 0 Å². The van der Waals surface area contributed by atoms with Gasteiger partial charge in [0, 0.05) is 5.02 Å². The summed E-state index contributed by atoms with van der Waals surface area (Å²) in [6, 6.07) is 10.3. The van der Waals surface area contributed by atoms with Gasteiger partial charge in [0.15, 0.2) is 0 Å². The summed E-state index contributed by atoms with van der Waals surface area (Å²) >= 11 is 13.1. The minimum absolute atomic E-state index is 0.201. The third-order valence-electron chi connectivity index (χ3n) is 3.68. The summed E-state index contributed by atoms with van der Waals surface area (Å²) in [6.45, 7) is 8.33. The molecule has 2 heteroatoms. The highest BCUT2D eigenvalue weighted by molar-refractivity contribution is 6.33. The monoisotopic (exact) mass is 292 g/mol. The van der Waals surface area contributed by atoms with Crippen LogP contribution in [0.4, 0.5) is 0 Å². The smallest absolute Gasteiger partial charge is 0.0855 e. The minimum atomic E-state index is -0.201.